The van der Waals surface area contributed by atoms with Crippen LogP contribution in [0, 0.1) is 5.92 Å². The van der Waals surface area contributed by atoms with E-state index < -0.39 is 0 Å². The van der Waals surface area contributed by atoms with Gasteiger partial charge in [0.2, 0.25) is 5.91 Å². The third kappa shape index (κ3) is 4.06. The van der Waals surface area contributed by atoms with Crippen molar-refractivity contribution in [1.29, 1.82) is 0 Å². The Balaban J connectivity index is 1.57. The first kappa shape index (κ1) is 18.2. The highest BCUT2D eigenvalue weighted by molar-refractivity contribution is 7.17. The second-order valence-electron chi connectivity index (χ2n) is 7.28. The number of fused-ring (bicyclic) bond motifs is 1. The normalized spacial score (nSPS) is 18.6. The van der Waals surface area contributed by atoms with Gasteiger partial charge >= 0.3 is 5.97 Å². The summed E-state index contributed by atoms with van der Waals surface area (Å²) in [7, 11) is 0. The molecule has 0 radical (unpaired) electrons. The average molecular weight is 386 g/mol. The van der Waals surface area contributed by atoms with E-state index in [2.05, 4.69) is 29.6 Å². The lowest BCUT2D eigenvalue weighted by Crippen LogP contribution is -3.10. The molecule has 0 bridgehead atoms. The van der Waals surface area contributed by atoms with Crippen molar-refractivity contribution in [3.05, 3.63) is 51.9 Å². The van der Waals surface area contributed by atoms with Gasteiger partial charge in [0.25, 0.3) is 0 Å². The van der Waals surface area contributed by atoms with Crippen LogP contribution in [0.1, 0.15) is 46.1 Å². The first-order valence-electron chi connectivity index (χ1n) is 9.65. The number of hydrogen-bond donors (Lipinski definition) is 2. The van der Waals surface area contributed by atoms with Crippen LogP contribution in [0.3, 0.4) is 0 Å². The Morgan fingerprint density at radius 3 is 2.74 bits per heavy atom. The Morgan fingerprint density at radius 1 is 1.26 bits per heavy atom. The molecule has 142 valence electrons. The van der Waals surface area contributed by atoms with Gasteiger partial charge in [-0.05, 0) is 25.3 Å². The molecule has 2 heterocycles. The Morgan fingerprint density at radius 2 is 2.04 bits per heavy atom. The van der Waals surface area contributed by atoms with Gasteiger partial charge in [0.15, 0.2) is 0 Å². The Hall–Kier alpha value is -2.18. The number of anilines is 1. The first-order chi connectivity index (χ1) is 13.2. The summed E-state index contributed by atoms with van der Waals surface area (Å²) in [5.74, 6) is -0.167. The number of ether oxygens (including phenoxy) is 1. The molecule has 1 aliphatic carbocycles. The predicted molar refractivity (Wildman–Crippen MR) is 105 cm³/mol. The summed E-state index contributed by atoms with van der Waals surface area (Å²) in [6.07, 6.45) is 2.72. The van der Waals surface area contributed by atoms with Crippen molar-refractivity contribution in [2.75, 3.05) is 18.5 Å². The van der Waals surface area contributed by atoms with Gasteiger partial charge in [0, 0.05) is 17.9 Å². The van der Waals surface area contributed by atoms with Crippen LogP contribution in [-0.4, -0.2) is 25.0 Å². The zero-order valence-electron chi connectivity index (χ0n) is 15.5. The summed E-state index contributed by atoms with van der Waals surface area (Å²) in [5, 5.41) is 3.68. The summed E-state index contributed by atoms with van der Waals surface area (Å²) in [4.78, 5) is 27.5. The van der Waals surface area contributed by atoms with E-state index in [-0.39, 0.29) is 17.8 Å². The van der Waals surface area contributed by atoms with Crippen molar-refractivity contribution < 1.29 is 19.2 Å². The molecule has 1 aromatic carbocycles. The van der Waals surface area contributed by atoms with Gasteiger partial charge in [-0.15, -0.1) is 11.3 Å². The molecule has 27 heavy (non-hydrogen) atoms. The highest BCUT2D eigenvalue weighted by Crippen LogP contribution is 2.37. The van der Waals surface area contributed by atoms with Crippen molar-refractivity contribution in [2.24, 2.45) is 5.92 Å². The van der Waals surface area contributed by atoms with Gasteiger partial charge in [-0.1, -0.05) is 30.3 Å². The van der Waals surface area contributed by atoms with E-state index in [9.17, 15) is 9.59 Å². The molecule has 1 fully saturated rings. The molecule has 0 spiro atoms. The summed E-state index contributed by atoms with van der Waals surface area (Å²) >= 11 is 1.55. The number of thiophene rings is 1. The number of carbonyl (C=O) groups is 2. The Bertz CT molecular complexity index is 843. The maximum Gasteiger partial charge on any atom is 0.341 e. The minimum absolute atomic E-state index is 0.0348. The van der Waals surface area contributed by atoms with E-state index in [0.717, 1.165) is 44.5 Å². The number of quaternary nitrogens is 1. The van der Waals surface area contributed by atoms with E-state index in [1.807, 2.05) is 13.0 Å². The second kappa shape index (κ2) is 7.82. The SMILES string of the molecule is CCOC(=O)c1c(NC(=O)C2CC2)sc2c1CC[NH+](Cc1ccccc1)C2. The Labute approximate surface area is 163 Å². The molecule has 1 saturated carbocycles. The molecule has 1 amide bonds. The summed E-state index contributed by atoms with van der Waals surface area (Å²) in [6.45, 7) is 4.97. The molecule has 4 rings (SSSR count). The summed E-state index contributed by atoms with van der Waals surface area (Å²) in [6, 6.07) is 10.5. The van der Waals surface area contributed by atoms with Crippen molar-refractivity contribution >= 4 is 28.2 Å². The lowest BCUT2D eigenvalue weighted by Gasteiger charge is -2.24. The summed E-state index contributed by atoms with van der Waals surface area (Å²) < 4.78 is 5.28. The minimum atomic E-state index is -0.312. The second-order valence-corrected chi connectivity index (χ2v) is 8.39. The third-order valence-electron chi connectivity index (χ3n) is 5.19. The van der Waals surface area contributed by atoms with E-state index in [4.69, 9.17) is 4.74 Å². The third-order valence-corrected chi connectivity index (χ3v) is 6.34. The molecule has 0 saturated heterocycles. The van der Waals surface area contributed by atoms with E-state index in [0.29, 0.717) is 17.2 Å². The monoisotopic (exact) mass is 385 g/mol. The number of esters is 1. The molecule has 2 aliphatic rings. The van der Waals surface area contributed by atoms with E-state index in [1.165, 1.54) is 15.3 Å². The number of rotatable bonds is 6. The van der Waals surface area contributed by atoms with Crippen molar-refractivity contribution in [3.8, 4) is 0 Å². The van der Waals surface area contributed by atoms with Gasteiger partial charge in [-0.3, -0.25) is 4.79 Å². The highest BCUT2D eigenvalue weighted by Gasteiger charge is 2.34. The molecule has 6 heteroatoms. The number of hydrogen-bond acceptors (Lipinski definition) is 4. The van der Waals surface area contributed by atoms with Crippen LogP contribution in [0.2, 0.25) is 0 Å². The molecule has 2 aromatic rings. The largest absolute Gasteiger partial charge is 0.462 e. The topological polar surface area (TPSA) is 59.8 Å². The quantitative estimate of drug-likeness (QED) is 0.751. The van der Waals surface area contributed by atoms with Gasteiger partial charge in [-0.25, -0.2) is 4.79 Å². The fourth-order valence-electron chi connectivity index (χ4n) is 3.64. The average Bonchev–Trinajstić information content (AvgIpc) is 3.45. The zero-order valence-corrected chi connectivity index (χ0v) is 16.4. The number of nitrogens with one attached hydrogen (secondary N) is 2. The maximum atomic E-state index is 12.6. The van der Waals surface area contributed by atoms with Gasteiger partial charge in [0.1, 0.15) is 18.1 Å². The molecule has 1 atom stereocenters. The molecular formula is C21H25N2O3S+. The number of carbonyl (C=O) groups excluding carboxylic acids is 2. The van der Waals surface area contributed by atoms with Crippen LogP contribution in [0.5, 0.6) is 0 Å². The number of benzene rings is 1. The van der Waals surface area contributed by atoms with Gasteiger partial charge in [-0.2, -0.15) is 0 Å². The molecule has 1 aromatic heterocycles. The van der Waals surface area contributed by atoms with Crippen LogP contribution in [-0.2, 0) is 29.0 Å². The zero-order chi connectivity index (χ0) is 18.8. The molecular weight excluding hydrogens is 360 g/mol. The Kier molecular flexibility index (Phi) is 5.27. The van der Waals surface area contributed by atoms with Crippen molar-refractivity contribution in [3.63, 3.8) is 0 Å². The number of amides is 1. The van der Waals surface area contributed by atoms with Crippen LogP contribution < -0.4 is 10.2 Å². The molecule has 2 N–H and O–H groups in total. The van der Waals surface area contributed by atoms with Gasteiger partial charge in [0.05, 0.1) is 23.6 Å². The summed E-state index contributed by atoms with van der Waals surface area (Å²) in [5.41, 5.74) is 2.98. The predicted octanol–water partition coefficient (Wildman–Crippen LogP) is 2.41. The first-order valence-corrected chi connectivity index (χ1v) is 10.5. The molecule has 5 nitrogen and oxygen atoms in total. The lowest BCUT2D eigenvalue weighted by atomic mass is 10.0. The van der Waals surface area contributed by atoms with Crippen molar-refractivity contribution in [2.45, 2.75) is 39.3 Å². The van der Waals surface area contributed by atoms with Crippen LogP contribution in [0.15, 0.2) is 30.3 Å². The van der Waals surface area contributed by atoms with E-state index in [1.54, 1.807) is 11.3 Å². The fourth-order valence-corrected chi connectivity index (χ4v) is 4.95. The van der Waals surface area contributed by atoms with Crippen molar-refractivity contribution in [1.82, 2.24) is 0 Å². The minimum Gasteiger partial charge on any atom is -0.462 e. The lowest BCUT2D eigenvalue weighted by molar-refractivity contribution is -0.929. The van der Waals surface area contributed by atoms with Crippen LogP contribution >= 0.6 is 11.3 Å². The highest BCUT2D eigenvalue weighted by atomic mass is 32.1. The van der Waals surface area contributed by atoms with Crippen LogP contribution in [0.4, 0.5) is 5.00 Å². The molecule has 1 unspecified atom stereocenters. The fraction of sp³-hybridized carbons (Fsp3) is 0.429. The standard InChI is InChI=1S/C21H24N2O3S/c1-2-26-21(25)18-16-10-11-23(12-14-6-4-3-5-7-14)13-17(16)27-20(18)22-19(24)15-8-9-15/h3-7,15H,2,8-13H2,1H3,(H,22,24)/p+1. The smallest absolute Gasteiger partial charge is 0.341 e. The molecule has 1 aliphatic heterocycles. The van der Waals surface area contributed by atoms with E-state index >= 15 is 0 Å². The maximum absolute atomic E-state index is 12.6. The van der Waals surface area contributed by atoms with Crippen LogP contribution in [0.25, 0.3) is 0 Å². The van der Waals surface area contributed by atoms with Gasteiger partial charge < -0.3 is 15.0 Å².